The number of nitrogens with zero attached hydrogens (tertiary/aromatic N) is 2. The second-order valence-electron chi connectivity index (χ2n) is 5.21. The molecule has 0 spiro atoms. The number of nitrogens with one attached hydrogen (secondary N) is 1. The van der Waals surface area contributed by atoms with Crippen molar-refractivity contribution in [3.05, 3.63) is 50.2 Å². The molecule has 0 fully saturated rings. The number of aromatic nitrogens is 2. The molecule has 4 nitrogen and oxygen atoms in total. The Morgan fingerprint density at radius 1 is 1.43 bits per heavy atom. The first kappa shape index (κ1) is 14.8. The van der Waals surface area contributed by atoms with E-state index in [0.29, 0.717) is 5.56 Å². The first-order chi connectivity index (χ1) is 10.1. The van der Waals surface area contributed by atoms with Crippen molar-refractivity contribution in [2.75, 3.05) is 0 Å². The Morgan fingerprint density at radius 3 is 3.05 bits per heavy atom. The fourth-order valence-corrected chi connectivity index (χ4v) is 3.55. The molecule has 1 amide bonds. The Morgan fingerprint density at radius 2 is 2.24 bits per heavy atom. The summed E-state index contributed by atoms with van der Waals surface area (Å²) in [7, 11) is 1.95. The van der Waals surface area contributed by atoms with E-state index in [2.05, 4.69) is 42.3 Å². The van der Waals surface area contributed by atoms with Crippen LogP contribution >= 0.6 is 31.9 Å². The third kappa shape index (κ3) is 2.92. The molecule has 1 aliphatic carbocycles. The molecular weight excluding hydrogens is 398 g/mol. The molecular formula is C15H15Br2N3O. The Kier molecular flexibility index (Phi) is 4.17. The van der Waals surface area contributed by atoms with Gasteiger partial charge in [0.05, 0.1) is 17.8 Å². The van der Waals surface area contributed by atoms with E-state index in [9.17, 15) is 4.79 Å². The lowest BCUT2D eigenvalue weighted by Gasteiger charge is -2.24. The van der Waals surface area contributed by atoms with Crippen LogP contribution in [0.1, 0.15) is 40.5 Å². The third-order valence-electron chi connectivity index (χ3n) is 3.85. The van der Waals surface area contributed by atoms with Crippen molar-refractivity contribution >= 4 is 37.8 Å². The molecule has 1 aromatic carbocycles. The number of hydrogen-bond donors (Lipinski definition) is 1. The summed E-state index contributed by atoms with van der Waals surface area (Å²) < 4.78 is 3.59. The van der Waals surface area contributed by atoms with E-state index in [1.165, 1.54) is 5.69 Å². The molecule has 0 aliphatic heterocycles. The molecule has 3 rings (SSSR count). The van der Waals surface area contributed by atoms with Crippen LogP contribution in [0.2, 0.25) is 0 Å². The second-order valence-corrected chi connectivity index (χ2v) is 6.98. The average molecular weight is 413 g/mol. The molecule has 0 saturated carbocycles. The number of benzene rings is 1. The summed E-state index contributed by atoms with van der Waals surface area (Å²) in [6, 6.07) is 5.64. The predicted molar refractivity (Wildman–Crippen MR) is 88.2 cm³/mol. The van der Waals surface area contributed by atoms with Crippen LogP contribution in [0, 0.1) is 0 Å². The van der Waals surface area contributed by atoms with E-state index in [4.69, 9.17) is 0 Å². The molecule has 6 heteroatoms. The van der Waals surface area contributed by atoms with Crippen molar-refractivity contribution in [3.63, 3.8) is 0 Å². The van der Waals surface area contributed by atoms with E-state index in [0.717, 1.165) is 33.8 Å². The number of halogens is 2. The van der Waals surface area contributed by atoms with Gasteiger partial charge in [0.1, 0.15) is 0 Å². The number of rotatable bonds is 2. The summed E-state index contributed by atoms with van der Waals surface area (Å²) >= 11 is 6.84. The number of aryl methyl sites for hydroxylation is 1. The van der Waals surface area contributed by atoms with Crippen molar-refractivity contribution in [1.82, 2.24) is 15.1 Å². The molecule has 0 saturated heterocycles. The molecule has 0 bridgehead atoms. The maximum atomic E-state index is 12.5. The largest absolute Gasteiger partial charge is 0.345 e. The number of hydrogen-bond acceptors (Lipinski definition) is 2. The van der Waals surface area contributed by atoms with E-state index < -0.39 is 0 Å². The minimum atomic E-state index is -0.0649. The Bertz CT molecular complexity index is 696. The van der Waals surface area contributed by atoms with Crippen LogP contribution < -0.4 is 5.32 Å². The van der Waals surface area contributed by atoms with Crippen LogP contribution in [0.3, 0.4) is 0 Å². The van der Waals surface area contributed by atoms with E-state index >= 15 is 0 Å². The lowest BCUT2D eigenvalue weighted by atomic mass is 9.93. The van der Waals surface area contributed by atoms with Crippen LogP contribution in [0.15, 0.2) is 33.3 Å². The molecule has 21 heavy (non-hydrogen) atoms. The molecule has 2 aromatic rings. The van der Waals surface area contributed by atoms with E-state index in [-0.39, 0.29) is 11.9 Å². The topological polar surface area (TPSA) is 46.9 Å². The molecule has 1 aromatic heterocycles. The van der Waals surface area contributed by atoms with Crippen LogP contribution in [-0.2, 0) is 13.5 Å². The maximum Gasteiger partial charge on any atom is 0.252 e. The van der Waals surface area contributed by atoms with Crippen molar-refractivity contribution in [2.45, 2.75) is 25.3 Å². The number of carbonyl (C=O) groups excluding carboxylic acids is 1. The fraction of sp³-hybridized carbons (Fsp3) is 0.333. The van der Waals surface area contributed by atoms with Gasteiger partial charge in [-0.1, -0.05) is 15.9 Å². The van der Waals surface area contributed by atoms with Crippen LogP contribution in [0.25, 0.3) is 0 Å². The summed E-state index contributed by atoms with van der Waals surface area (Å²) in [6.07, 6.45) is 4.92. The summed E-state index contributed by atoms with van der Waals surface area (Å²) in [5.41, 5.74) is 3.00. The summed E-state index contributed by atoms with van der Waals surface area (Å²) in [4.78, 5) is 12.5. The molecule has 1 unspecified atom stereocenters. The van der Waals surface area contributed by atoms with Gasteiger partial charge in [-0.2, -0.15) is 5.10 Å². The lowest BCUT2D eigenvalue weighted by molar-refractivity contribution is 0.0932. The molecule has 1 heterocycles. The number of carbonyl (C=O) groups is 1. The van der Waals surface area contributed by atoms with Gasteiger partial charge in [-0.25, -0.2) is 0 Å². The van der Waals surface area contributed by atoms with E-state index in [1.807, 2.05) is 36.1 Å². The maximum absolute atomic E-state index is 12.5. The molecule has 0 radical (unpaired) electrons. The molecule has 1 aliphatic rings. The van der Waals surface area contributed by atoms with Crippen molar-refractivity contribution in [2.24, 2.45) is 7.05 Å². The lowest BCUT2D eigenvalue weighted by Crippen LogP contribution is -2.31. The smallest absolute Gasteiger partial charge is 0.252 e. The van der Waals surface area contributed by atoms with Gasteiger partial charge in [0, 0.05) is 27.3 Å². The highest BCUT2D eigenvalue weighted by Gasteiger charge is 2.25. The van der Waals surface area contributed by atoms with Gasteiger partial charge in [0.2, 0.25) is 0 Å². The van der Waals surface area contributed by atoms with Gasteiger partial charge in [-0.05, 0) is 53.4 Å². The summed E-state index contributed by atoms with van der Waals surface area (Å²) in [5.74, 6) is -0.0649. The first-order valence-electron chi connectivity index (χ1n) is 6.83. The van der Waals surface area contributed by atoms with Crippen LogP contribution in [0.4, 0.5) is 0 Å². The standard InChI is InChI=1S/C15H15Br2N3O/c1-20-14-4-2-3-13(11(14)8-18-20)19-15(21)10-7-9(16)5-6-12(10)17/h5-8,13H,2-4H2,1H3,(H,19,21). The van der Waals surface area contributed by atoms with Crippen LogP contribution in [0.5, 0.6) is 0 Å². The zero-order valence-electron chi connectivity index (χ0n) is 11.6. The zero-order chi connectivity index (χ0) is 15.0. The second kappa shape index (κ2) is 5.93. The van der Waals surface area contributed by atoms with Gasteiger partial charge >= 0.3 is 0 Å². The van der Waals surface area contributed by atoms with Crippen molar-refractivity contribution < 1.29 is 4.79 Å². The highest BCUT2D eigenvalue weighted by atomic mass is 79.9. The van der Waals surface area contributed by atoms with Gasteiger partial charge in [0.15, 0.2) is 0 Å². The summed E-state index contributed by atoms with van der Waals surface area (Å²) in [5, 5.41) is 7.44. The third-order valence-corrected chi connectivity index (χ3v) is 5.04. The first-order valence-corrected chi connectivity index (χ1v) is 8.41. The van der Waals surface area contributed by atoms with Crippen LogP contribution in [-0.4, -0.2) is 15.7 Å². The molecule has 110 valence electrons. The summed E-state index contributed by atoms with van der Waals surface area (Å²) in [6.45, 7) is 0. The Labute approximate surface area is 140 Å². The van der Waals surface area contributed by atoms with Crippen molar-refractivity contribution in [1.29, 1.82) is 0 Å². The molecule has 1 atom stereocenters. The van der Waals surface area contributed by atoms with Gasteiger partial charge < -0.3 is 5.32 Å². The number of amides is 1. The monoisotopic (exact) mass is 411 g/mol. The van der Waals surface area contributed by atoms with Crippen molar-refractivity contribution in [3.8, 4) is 0 Å². The normalized spacial score (nSPS) is 17.4. The zero-order valence-corrected chi connectivity index (χ0v) is 14.7. The van der Waals surface area contributed by atoms with E-state index in [1.54, 1.807) is 0 Å². The van der Waals surface area contributed by atoms with Gasteiger partial charge in [-0.3, -0.25) is 9.48 Å². The number of fused-ring (bicyclic) bond motifs is 1. The SMILES string of the molecule is Cn1ncc2c1CCCC2NC(=O)c1cc(Br)ccc1Br. The van der Waals surface area contributed by atoms with Gasteiger partial charge in [-0.15, -0.1) is 0 Å². The minimum absolute atomic E-state index is 0.0424. The quantitative estimate of drug-likeness (QED) is 0.816. The fourth-order valence-electron chi connectivity index (χ4n) is 2.76. The minimum Gasteiger partial charge on any atom is -0.345 e. The Hall–Kier alpha value is -1.14. The molecule has 1 N–H and O–H groups in total. The highest BCUT2D eigenvalue weighted by molar-refractivity contribution is 9.11. The average Bonchev–Trinajstić information content (AvgIpc) is 2.84. The van der Waals surface area contributed by atoms with Gasteiger partial charge in [0.25, 0.3) is 5.91 Å². The predicted octanol–water partition coefficient (Wildman–Crippen LogP) is 3.75. The highest BCUT2D eigenvalue weighted by Crippen LogP contribution is 2.30. The Balaban J connectivity index is 1.84.